The summed E-state index contributed by atoms with van der Waals surface area (Å²) in [6.45, 7) is 6.61. The summed E-state index contributed by atoms with van der Waals surface area (Å²) in [6, 6.07) is 71.1. The monoisotopic (exact) mass is 840 g/mol. The number of allylic oxidation sites excluding steroid dienone is 1. The van der Waals surface area contributed by atoms with E-state index in [1.54, 1.807) is 0 Å². The van der Waals surface area contributed by atoms with Crippen LogP contribution in [0.2, 0.25) is 0 Å². The van der Waals surface area contributed by atoms with Gasteiger partial charge in [0.1, 0.15) is 0 Å². The van der Waals surface area contributed by atoms with Gasteiger partial charge in [0.15, 0.2) is 5.84 Å². The second kappa shape index (κ2) is 16.8. The molecule has 64 heavy (non-hydrogen) atoms. The van der Waals surface area contributed by atoms with Crippen molar-refractivity contribution in [3.05, 3.63) is 233 Å². The molecular weight excluding hydrogens is 793 g/mol. The van der Waals surface area contributed by atoms with E-state index >= 15 is 0 Å². The van der Waals surface area contributed by atoms with E-state index in [1.165, 1.54) is 80.8 Å². The molecule has 0 bridgehead atoms. The van der Waals surface area contributed by atoms with Crippen LogP contribution in [0.15, 0.2) is 210 Å². The third-order valence-electron chi connectivity index (χ3n) is 13.3. The quantitative estimate of drug-likeness (QED) is 0.113. The van der Waals surface area contributed by atoms with E-state index in [4.69, 9.17) is 9.98 Å². The lowest BCUT2D eigenvalue weighted by Gasteiger charge is -2.22. The van der Waals surface area contributed by atoms with Crippen LogP contribution in [-0.4, -0.2) is 11.5 Å². The van der Waals surface area contributed by atoms with Gasteiger partial charge in [-0.1, -0.05) is 171 Å². The minimum Gasteiger partial charge on any atom is -0.233 e. The van der Waals surface area contributed by atoms with Crippen molar-refractivity contribution in [1.29, 1.82) is 0 Å². The highest BCUT2D eigenvalue weighted by atomic mass is 32.1. The van der Waals surface area contributed by atoms with Crippen LogP contribution in [0, 0.1) is 0 Å². The smallest absolute Gasteiger partial charge is 0.160 e. The molecule has 308 valence electrons. The van der Waals surface area contributed by atoms with E-state index in [-0.39, 0.29) is 5.92 Å². The molecule has 1 aliphatic rings. The lowest BCUT2D eigenvalue weighted by Crippen LogP contribution is -2.07. The van der Waals surface area contributed by atoms with Crippen LogP contribution in [0.3, 0.4) is 0 Å². The van der Waals surface area contributed by atoms with Gasteiger partial charge in [0.05, 0.1) is 5.70 Å². The highest BCUT2D eigenvalue weighted by molar-refractivity contribution is 7.25. The first-order chi connectivity index (χ1) is 31.5. The molecule has 0 spiro atoms. The maximum atomic E-state index is 5.77. The molecule has 0 saturated carbocycles. The van der Waals surface area contributed by atoms with Crippen LogP contribution in [0.4, 0.5) is 0 Å². The van der Waals surface area contributed by atoms with Gasteiger partial charge < -0.3 is 0 Å². The molecule has 1 atom stereocenters. The highest BCUT2D eigenvalue weighted by Crippen LogP contribution is 2.48. The van der Waals surface area contributed by atoms with Crippen molar-refractivity contribution < 1.29 is 0 Å². The molecule has 0 radical (unpaired) electrons. The van der Waals surface area contributed by atoms with Crippen LogP contribution in [0.5, 0.6) is 0 Å². The number of fused-ring (bicyclic) bond motifs is 8. The van der Waals surface area contributed by atoms with Crippen molar-refractivity contribution >= 4 is 70.3 Å². The van der Waals surface area contributed by atoms with Crippen LogP contribution in [0.1, 0.15) is 72.9 Å². The molecule has 9 aromatic carbocycles. The van der Waals surface area contributed by atoms with Crippen LogP contribution >= 0.6 is 11.3 Å². The molecule has 1 aromatic heterocycles. The van der Waals surface area contributed by atoms with E-state index in [0.717, 1.165) is 52.7 Å². The number of aryl methyl sites for hydroxylation is 1. The Morgan fingerprint density at radius 1 is 0.531 bits per heavy atom. The first kappa shape index (κ1) is 39.6. The average molecular weight is 841 g/mol. The van der Waals surface area contributed by atoms with E-state index in [9.17, 15) is 0 Å². The number of nitrogens with zero attached hydrogens (tertiary/aromatic N) is 2. The first-order valence-electron chi connectivity index (χ1n) is 22.5. The van der Waals surface area contributed by atoms with Gasteiger partial charge in [-0.2, -0.15) is 0 Å². The van der Waals surface area contributed by atoms with Gasteiger partial charge in [0, 0.05) is 42.9 Å². The number of rotatable bonds is 7. The predicted octanol–water partition coefficient (Wildman–Crippen LogP) is 16.9. The Balaban J connectivity index is 1.13. The third-order valence-corrected chi connectivity index (χ3v) is 14.4. The molecule has 0 amide bonds. The molecule has 0 fully saturated rings. The summed E-state index contributed by atoms with van der Waals surface area (Å²) in [5.41, 5.74) is 15.6. The number of benzene rings is 9. The average Bonchev–Trinajstić information content (AvgIpc) is 3.65. The Hall–Kier alpha value is -7.20. The lowest BCUT2D eigenvalue weighted by molar-refractivity contribution is 0.731. The molecule has 1 heterocycles. The molecule has 0 saturated heterocycles. The standard InChI is InChI=1S/C61H48N2S/c1-4-39(2)60(63-61(53-30-17-23-42-20-10-11-26-49(42)53)62-40(3)43-24-16-25-44(34-43)41-18-6-5-7-19-41)48-37-56(59-54-29-14-15-31-57(54)64-58(59)38-48)52-33-32-47-35-45-21-8-9-22-46(45)36-55(47)51-28-13-12-27-50(51)52/h5-31,34-38,52H,4,32-33H2,1-3H3/b60-39+,62-40+,63-61-. The summed E-state index contributed by atoms with van der Waals surface area (Å²) in [7, 11) is 0. The van der Waals surface area contributed by atoms with Crippen LogP contribution in [-0.2, 0) is 6.42 Å². The van der Waals surface area contributed by atoms with Crippen LogP contribution in [0.25, 0.3) is 69.7 Å². The van der Waals surface area contributed by atoms with Crippen molar-refractivity contribution in [3.8, 4) is 22.3 Å². The van der Waals surface area contributed by atoms with Crippen molar-refractivity contribution in [2.24, 2.45) is 9.98 Å². The minimum atomic E-state index is 0.175. The van der Waals surface area contributed by atoms with Gasteiger partial charge in [-0.3, -0.25) is 0 Å². The first-order valence-corrected chi connectivity index (χ1v) is 23.4. The zero-order chi connectivity index (χ0) is 43.1. The predicted molar refractivity (Wildman–Crippen MR) is 276 cm³/mol. The van der Waals surface area contributed by atoms with E-state index in [0.29, 0.717) is 5.84 Å². The normalized spacial score (nSPS) is 14.7. The number of amidine groups is 1. The van der Waals surface area contributed by atoms with Gasteiger partial charge >= 0.3 is 0 Å². The summed E-state index contributed by atoms with van der Waals surface area (Å²) in [5.74, 6) is 0.886. The van der Waals surface area contributed by atoms with Crippen molar-refractivity contribution in [3.63, 3.8) is 0 Å². The summed E-state index contributed by atoms with van der Waals surface area (Å²) in [5, 5.41) is 7.57. The maximum Gasteiger partial charge on any atom is 0.160 e. The SMILES string of the molecule is CC/C(C)=C(/N=C(\N=C(/C)c1cccc(-c2ccccc2)c1)c1cccc2ccccc12)c1cc(C2CCc3cc4ccccc4cc3-c3ccccc32)c2c(c1)sc1ccccc12. The molecule has 10 aromatic rings. The third kappa shape index (κ3) is 7.26. The van der Waals surface area contributed by atoms with E-state index < -0.39 is 0 Å². The molecule has 0 aliphatic heterocycles. The largest absolute Gasteiger partial charge is 0.233 e. The van der Waals surface area contributed by atoms with Gasteiger partial charge in [-0.25, -0.2) is 9.98 Å². The van der Waals surface area contributed by atoms with E-state index in [2.05, 4.69) is 215 Å². The zero-order valence-electron chi connectivity index (χ0n) is 36.5. The molecule has 2 nitrogen and oxygen atoms in total. The Morgan fingerprint density at radius 2 is 1.22 bits per heavy atom. The van der Waals surface area contributed by atoms with Crippen molar-refractivity contribution in [2.45, 2.75) is 46.0 Å². The number of hydrogen-bond acceptors (Lipinski definition) is 2. The Labute approximate surface area is 379 Å². The van der Waals surface area contributed by atoms with Gasteiger partial charge in [-0.15, -0.1) is 11.3 Å². The number of hydrogen-bond donors (Lipinski definition) is 0. The summed E-state index contributed by atoms with van der Waals surface area (Å²) in [6.07, 6.45) is 2.86. The van der Waals surface area contributed by atoms with Gasteiger partial charge in [0.25, 0.3) is 0 Å². The van der Waals surface area contributed by atoms with E-state index in [1.807, 2.05) is 11.3 Å². The molecule has 1 aliphatic carbocycles. The minimum absolute atomic E-state index is 0.175. The maximum absolute atomic E-state index is 5.77. The zero-order valence-corrected chi connectivity index (χ0v) is 37.3. The lowest BCUT2D eigenvalue weighted by atomic mass is 9.82. The second-order valence-corrected chi connectivity index (χ2v) is 18.2. The second-order valence-electron chi connectivity index (χ2n) is 17.2. The number of thiophene rings is 1. The topological polar surface area (TPSA) is 24.7 Å². The summed E-state index contributed by atoms with van der Waals surface area (Å²) >= 11 is 1.89. The van der Waals surface area contributed by atoms with Crippen molar-refractivity contribution in [1.82, 2.24) is 0 Å². The molecule has 0 N–H and O–H groups in total. The molecule has 3 heteroatoms. The highest BCUT2D eigenvalue weighted by Gasteiger charge is 2.28. The molecule has 11 rings (SSSR count). The van der Waals surface area contributed by atoms with Gasteiger partial charge in [-0.05, 0) is 135 Å². The fourth-order valence-electron chi connectivity index (χ4n) is 9.89. The Morgan fingerprint density at radius 3 is 2.06 bits per heavy atom. The Kier molecular flexibility index (Phi) is 10.4. The fraction of sp³-hybridized carbons (Fsp3) is 0.115. The van der Waals surface area contributed by atoms with Crippen LogP contribution < -0.4 is 0 Å². The van der Waals surface area contributed by atoms with Gasteiger partial charge in [0.2, 0.25) is 0 Å². The Bertz CT molecular complexity index is 3510. The fourth-order valence-corrected chi connectivity index (χ4v) is 11.1. The molecular formula is C61H48N2S. The molecule has 1 unspecified atom stereocenters. The summed E-state index contributed by atoms with van der Waals surface area (Å²) < 4.78 is 2.60. The van der Waals surface area contributed by atoms with Crippen molar-refractivity contribution in [2.75, 3.05) is 0 Å². The number of aliphatic imine (C=N–C) groups is 2. The summed E-state index contributed by atoms with van der Waals surface area (Å²) in [4.78, 5) is 11.3.